The Morgan fingerprint density at radius 3 is 2.75 bits per heavy atom. The van der Waals surface area contributed by atoms with E-state index in [-0.39, 0.29) is 24.3 Å². The van der Waals surface area contributed by atoms with Crippen LogP contribution in [-0.2, 0) is 0 Å². The fraction of sp³-hybridized carbons (Fsp3) is 0.364. The Bertz CT molecular complexity index is 377. The Labute approximate surface area is 102 Å². The third-order valence-electron chi connectivity index (χ3n) is 2.26. The highest BCUT2D eigenvalue weighted by atomic mass is 79.9. The zero-order valence-corrected chi connectivity index (χ0v) is 10.5. The van der Waals surface area contributed by atoms with Gasteiger partial charge in [-0.25, -0.2) is 0 Å². The number of benzene rings is 1. The average molecular weight is 288 g/mol. The highest BCUT2D eigenvalue weighted by molar-refractivity contribution is 9.10. The van der Waals surface area contributed by atoms with Gasteiger partial charge in [-0.05, 0) is 40.5 Å². The van der Waals surface area contributed by atoms with Crippen LogP contribution in [0.25, 0.3) is 0 Å². The summed E-state index contributed by atoms with van der Waals surface area (Å²) in [6.45, 7) is 1.78. The molecule has 0 spiro atoms. The van der Waals surface area contributed by atoms with Crippen molar-refractivity contribution in [2.45, 2.75) is 19.4 Å². The second-order valence-electron chi connectivity index (χ2n) is 3.43. The number of phenolic OH excluding ortho intramolecular Hbond substituents is 1. The molecule has 16 heavy (non-hydrogen) atoms. The molecule has 4 nitrogen and oxygen atoms in total. The molecule has 0 aliphatic heterocycles. The Kier molecular flexibility index (Phi) is 4.76. The lowest BCUT2D eigenvalue weighted by atomic mass is 10.1. The molecule has 0 unspecified atom stereocenters. The molecular weight excluding hydrogens is 274 g/mol. The van der Waals surface area contributed by atoms with Crippen LogP contribution in [-0.4, -0.2) is 28.8 Å². The summed E-state index contributed by atoms with van der Waals surface area (Å²) in [6, 6.07) is 4.33. The van der Waals surface area contributed by atoms with Gasteiger partial charge in [0.2, 0.25) is 0 Å². The van der Waals surface area contributed by atoms with Crippen LogP contribution in [0.2, 0.25) is 0 Å². The van der Waals surface area contributed by atoms with Crippen LogP contribution < -0.4 is 5.32 Å². The number of rotatable bonds is 4. The standard InChI is InChI=1S/C11H14BrNO3/c1-2-8(6-14)13-11(16)7-3-4-9(12)10(15)5-7/h3-5,8,14-15H,2,6H2,1H3,(H,13,16)/t8-/m0/s1. The van der Waals surface area contributed by atoms with Crippen LogP contribution in [0.15, 0.2) is 22.7 Å². The molecule has 0 radical (unpaired) electrons. The number of aromatic hydroxyl groups is 1. The van der Waals surface area contributed by atoms with Gasteiger partial charge < -0.3 is 15.5 Å². The van der Waals surface area contributed by atoms with E-state index in [4.69, 9.17) is 5.11 Å². The van der Waals surface area contributed by atoms with Gasteiger partial charge in [-0.1, -0.05) is 6.92 Å². The minimum atomic E-state index is -0.302. The summed E-state index contributed by atoms with van der Waals surface area (Å²) in [4.78, 5) is 11.7. The molecule has 1 atom stereocenters. The maximum atomic E-state index is 11.7. The van der Waals surface area contributed by atoms with E-state index in [0.29, 0.717) is 16.5 Å². The van der Waals surface area contributed by atoms with E-state index in [9.17, 15) is 9.90 Å². The summed E-state index contributed by atoms with van der Waals surface area (Å²) in [5.74, 6) is -0.284. The first-order chi connectivity index (χ1) is 7.58. The van der Waals surface area contributed by atoms with Crippen molar-refractivity contribution in [3.05, 3.63) is 28.2 Å². The number of halogens is 1. The van der Waals surface area contributed by atoms with Crippen molar-refractivity contribution in [3.63, 3.8) is 0 Å². The maximum absolute atomic E-state index is 11.7. The van der Waals surface area contributed by atoms with E-state index in [0.717, 1.165) is 0 Å². The summed E-state index contributed by atoms with van der Waals surface area (Å²) < 4.78 is 0.540. The van der Waals surface area contributed by atoms with Crippen molar-refractivity contribution in [1.29, 1.82) is 0 Å². The molecule has 0 aliphatic carbocycles. The fourth-order valence-electron chi connectivity index (χ4n) is 1.20. The predicted octanol–water partition coefficient (Wildman–Crippen LogP) is 1.66. The van der Waals surface area contributed by atoms with Gasteiger partial charge in [-0.15, -0.1) is 0 Å². The molecule has 0 heterocycles. The van der Waals surface area contributed by atoms with E-state index in [1.54, 1.807) is 12.1 Å². The van der Waals surface area contributed by atoms with Crippen molar-refractivity contribution >= 4 is 21.8 Å². The SMILES string of the molecule is CC[C@@H](CO)NC(=O)c1ccc(Br)c(O)c1. The summed E-state index contributed by atoms with van der Waals surface area (Å²) in [7, 11) is 0. The molecule has 0 saturated heterocycles. The first-order valence-corrected chi connectivity index (χ1v) is 5.78. The first-order valence-electron chi connectivity index (χ1n) is 4.98. The third-order valence-corrected chi connectivity index (χ3v) is 2.93. The molecule has 3 N–H and O–H groups in total. The second-order valence-corrected chi connectivity index (χ2v) is 4.28. The van der Waals surface area contributed by atoms with Crippen molar-refractivity contribution in [2.24, 2.45) is 0 Å². The fourth-order valence-corrected chi connectivity index (χ4v) is 1.45. The summed E-state index contributed by atoms with van der Waals surface area (Å²) in [6.07, 6.45) is 0.657. The second kappa shape index (κ2) is 5.86. The molecule has 5 heteroatoms. The van der Waals surface area contributed by atoms with Gasteiger partial charge in [0.1, 0.15) is 5.75 Å². The first kappa shape index (κ1) is 13.0. The molecule has 1 rings (SSSR count). The zero-order chi connectivity index (χ0) is 12.1. The van der Waals surface area contributed by atoms with E-state index in [1.807, 2.05) is 6.92 Å². The van der Waals surface area contributed by atoms with E-state index in [2.05, 4.69) is 21.2 Å². The summed E-state index contributed by atoms with van der Waals surface area (Å²) >= 11 is 3.13. The van der Waals surface area contributed by atoms with Crippen molar-refractivity contribution in [2.75, 3.05) is 6.61 Å². The van der Waals surface area contributed by atoms with E-state index < -0.39 is 0 Å². The number of hydrogen-bond donors (Lipinski definition) is 3. The maximum Gasteiger partial charge on any atom is 0.251 e. The molecule has 1 amide bonds. The molecule has 0 fully saturated rings. The minimum absolute atomic E-state index is 0.0182. The molecule has 0 aliphatic rings. The smallest absolute Gasteiger partial charge is 0.251 e. The normalized spacial score (nSPS) is 12.2. The van der Waals surface area contributed by atoms with Gasteiger partial charge in [-0.3, -0.25) is 4.79 Å². The lowest BCUT2D eigenvalue weighted by molar-refractivity contribution is 0.0914. The summed E-state index contributed by atoms with van der Waals surface area (Å²) in [5.41, 5.74) is 0.368. The number of hydrogen-bond acceptors (Lipinski definition) is 3. The van der Waals surface area contributed by atoms with Crippen LogP contribution in [0.1, 0.15) is 23.7 Å². The Morgan fingerprint density at radius 1 is 1.56 bits per heavy atom. The Morgan fingerprint density at radius 2 is 2.25 bits per heavy atom. The van der Waals surface area contributed by atoms with E-state index >= 15 is 0 Å². The quantitative estimate of drug-likeness (QED) is 0.789. The number of aliphatic hydroxyl groups is 1. The number of phenols is 1. The molecule has 1 aromatic rings. The predicted molar refractivity (Wildman–Crippen MR) is 64.4 cm³/mol. The van der Waals surface area contributed by atoms with Crippen molar-refractivity contribution in [1.82, 2.24) is 5.32 Å². The van der Waals surface area contributed by atoms with Gasteiger partial charge in [0.05, 0.1) is 17.1 Å². The van der Waals surface area contributed by atoms with Gasteiger partial charge in [-0.2, -0.15) is 0 Å². The number of carbonyl (C=O) groups excluding carboxylic acids is 1. The molecule has 88 valence electrons. The van der Waals surface area contributed by atoms with Crippen LogP contribution in [0.5, 0.6) is 5.75 Å². The molecule has 0 saturated carbocycles. The Balaban J connectivity index is 2.76. The number of aliphatic hydroxyl groups excluding tert-OH is 1. The largest absolute Gasteiger partial charge is 0.507 e. The van der Waals surface area contributed by atoms with E-state index in [1.165, 1.54) is 6.07 Å². The number of amides is 1. The Hall–Kier alpha value is -1.07. The van der Waals surface area contributed by atoms with Crippen molar-refractivity contribution < 1.29 is 15.0 Å². The van der Waals surface area contributed by atoms with Gasteiger partial charge in [0, 0.05) is 5.56 Å². The number of carbonyl (C=O) groups is 1. The highest BCUT2D eigenvalue weighted by Crippen LogP contribution is 2.24. The lowest BCUT2D eigenvalue weighted by Crippen LogP contribution is -2.36. The van der Waals surface area contributed by atoms with Crippen LogP contribution in [0, 0.1) is 0 Å². The van der Waals surface area contributed by atoms with Crippen LogP contribution >= 0.6 is 15.9 Å². The van der Waals surface area contributed by atoms with Crippen molar-refractivity contribution in [3.8, 4) is 5.75 Å². The molecular formula is C11H14BrNO3. The minimum Gasteiger partial charge on any atom is -0.507 e. The highest BCUT2D eigenvalue weighted by Gasteiger charge is 2.12. The molecule has 1 aromatic carbocycles. The van der Waals surface area contributed by atoms with Gasteiger partial charge in [0.15, 0.2) is 0 Å². The lowest BCUT2D eigenvalue weighted by Gasteiger charge is -2.14. The summed E-state index contributed by atoms with van der Waals surface area (Å²) in [5, 5.41) is 21.0. The van der Waals surface area contributed by atoms with Crippen LogP contribution in [0.3, 0.4) is 0 Å². The number of nitrogens with one attached hydrogen (secondary N) is 1. The average Bonchev–Trinajstić information content (AvgIpc) is 2.29. The van der Waals surface area contributed by atoms with Gasteiger partial charge >= 0.3 is 0 Å². The monoisotopic (exact) mass is 287 g/mol. The zero-order valence-electron chi connectivity index (χ0n) is 8.90. The van der Waals surface area contributed by atoms with Crippen LogP contribution in [0.4, 0.5) is 0 Å². The molecule has 0 bridgehead atoms. The third kappa shape index (κ3) is 3.21. The topological polar surface area (TPSA) is 69.6 Å². The molecule has 0 aromatic heterocycles. The van der Waals surface area contributed by atoms with Gasteiger partial charge in [0.25, 0.3) is 5.91 Å².